The lowest BCUT2D eigenvalue weighted by atomic mass is 10.2. The molecule has 102 valence electrons. The van der Waals surface area contributed by atoms with Gasteiger partial charge in [0.2, 0.25) is 0 Å². The summed E-state index contributed by atoms with van der Waals surface area (Å²) in [4.78, 5) is 22.0. The highest BCUT2D eigenvalue weighted by Gasteiger charge is 2.20. The Kier molecular flexibility index (Phi) is 3.30. The number of fused-ring (bicyclic) bond motifs is 1. The molecule has 0 aliphatic rings. The van der Waals surface area contributed by atoms with Crippen LogP contribution in [0.4, 0.5) is 11.4 Å². The highest BCUT2D eigenvalue weighted by molar-refractivity contribution is 7.16. The molecule has 0 bridgehead atoms. The quantitative estimate of drug-likeness (QED) is 0.556. The zero-order valence-corrected chi connectivity index (χ0v) is 11.2. The standard InChI is InChI=1S/C12H11N5O2S/c18-17(19)12-8(1-2-9-11(12)16-7-20-9)13-4-3-10-14-5-6-15-10/h1-2,5-7,13H,3-4H2,(H,14,15). The number of nitrogens with zero attached hydrogens (tertiary/aromatic N) is 3. The lowest BCUT2D eigenvalue weighted by molar-refractivity contribution is -0.382. The number of thiazole rings is 1. The second-order valence-corrected chi connectivity index (χ2v) is 5.02. The van der Waals surface area contributed by atoms with Gasteiger partial charge in [0.15, 0.2) is 5.52 Å². The topological polar surface area (TPSA) is 96.7 Å². The minimum atomic E-state index is -0.392. The summed E-state index contributed by atoms with van der Waals surface area (Å²) in [6.07, 6.45) is 4.09. The number of nitro benzene ring substituents is 1. The Morgan fingerprint density at radius 3 is 3.05 bits per heavy atom. The van der Waals surface area contributed by atoms with Crippen LogP contribution in [-0.4, -0.2) is 26.4 Å². The van der Waals surface area contributed by atoms with Crippen molar-refractivity contribution in [2.24, 2.45) is 0 Å². The number of hydrogen-bond donors (Lipinski definition) is 2. The van der Waals surface area contributed by atoms with E-state index in [4.69, 9.17) is 0 Å². The summed E-state index contributed by atoms with van der Waals surface area (Å²) in [5, 5.41) is 14.3. The summed E-state index contributed by atoms with van der Waals surface area (Å²) in [5.41, 5.74) is 2.57. The van der Waals surface area contributed by atoms with Gasteiger partial charge >= 0.3 is 5.69 Å². The van der Waals surface area contributed by atoms with Gasteiger partial charge in [-0.15, -0.1) is 11.3 Å². The third kappa shape index (κ3) is 2.32. The number of rotatable bonds is 5. The largest absolute Gasteiger partial charge is 0.379 e. The van der Waals surface area contributed by atoms with Gasteiger partial charge in [-0.3, -0.25) is 10.1 Å². The van der Waals surface area contributed by atoms with Crippen LogP contribution in [0.2, 0.25) is 0 Å². The second kappa shape index (κ2) is 5.25. The number of nitro groups is 1. The van der Waals surface area contributed by atoms with Crippen molar-refractivity contribution >= 4 is 32.9 Å². The van der Waals surface area contributed by atoms with Crippen molar-refractivity contribution in [3.05, 3.63) is 46.0 Å². The van der Waals surface area contributed by atoms with E-state index in [0.717, 1.165) is 10.5 Å². The Labute approximate surface area is 117 Å². The number of anilines is 1. The molecule has 0 amide bonds. The van der Waals surface area contributed by atoms with Crippen molar-refractivity contribution in [3.8, 4) is 0 Å². The third-order valence-corrected chi connectivity index (χ3v) is 3.68. The van der Waals surface area contributed by atoms with Gasteiger partial charge in [-0.2, -0.15) is 0 Å². The van der Waals surface area contributed by atoms with Crippen molar-refractivity contribution in [1.29, 1.82) is 0 Å². The molecule has 20 heavy (non-hydrogen) atoms. The molecule has 0 radical (unpaired) electrons. The van der Waals surface area contributed by atoms with Crippen molar-refractivity contribution in [2.75, 3.05) is 11.9 Å². The van der Waals surface area contributed by atoms with Gasteiger partial charge in [0.25, 0.3) is 0 Å². The van der Waals surface area contributed by atoms with Gasteiger partial charge in [0, 0.05) is 25.4 Å². The van der Waals surface area contributed by atoms with E-state index in [-0.39, 0.29) is 5.69 Å². The van der Waals surface area contributed by atoms with Crippen molar-refractivity contribution < 1.29 is 4.92 Å². The molecule has 0 saturated heterocycles. The molecule has 0 atom stereocenters. The molecule has 3 aromatic rings. The van der Waals surface area contributed by atoms with Crippen LogP contribution in [0.5, 0.6) is 0 Å². The summed E-state index contributed by atoms with van der Waals surface area (Å²) in [6.45, 7) is 0.560. The monoisotopic (exact) mass is 289 g/mol. The van der Waals surface area contributed by atoms with E-state index in [9.17, 15) is 10.1 Å². The normalized spacial score (nSPS) is 10.8. The number of aromatic amines is 1. The van der Waals surface area contributed by atoms with Crippen LogP contribution in [0.15, 0.2) is 30.0 Å². The van der Waals surface area contributed by atoms with Crippen molar-refractivity contribution in [1.82, 2.24) is 15.0 Å². The molecule has 8 heteroatoms. The molecule has 0 spiro atoms. The van der Waals surface area contributed by atoms with Crippen molar-refractivity contribution in [2.45, 2.75) is 6.42 Å². The predicted molar refractivity (Wildman–Crippen MR) is 77.1 cm³/mol. The van der Waals surface area contributed by atoms with Gasteiger partial charge in [0.05, 0.1) is 15.1 Å². The first kappa shape index (κ1) is 12.5. The molecule has 0 unspecified atom stereocenters. The summed E-state index contributed by atoms with van der Waals surface area (Å²) < 4.78 is 0.813. The Bertz CT molecular complexity index is 737. The highest BCUT2D eigenvalue weighted by Crippen LogP contribution is 2.34. The van der Waals surface area contributed by atoms with E-state index >= 15 is 0 Å². The maximum absolute atomic E-state index is 11.2. The molecule has 3 rings (SSSR count). The number of hydrogen-bond acceptors (Lipinski definition) is 6. The first-order valence-corrected chi connectivity index (χ1v) is 6.86. The van der Waals surface area contributed by atoms with E-state index in [2.05, 4.69) is 20.3 Å². The van der Waals surface area contributed by atoms with E-state index in [0.29, 0.717) is 24.2 Å². The fourth-order valence-electron chi connectivity index (χ4n) is 1.99. The maximum atomic E-state index is 11.2. The van der Waals surface area contributed by atoms with Crippen LogP contribution >= 0.6 is 11.3 Å². The summed E-state index contributed by atoms with van der Waals surface area (Å²) in [7, 11) is 0. The SMILES string of the molecule is O=[N+]([O-])c1c(NCCc2ncc[nH]2)ccc2scnc12. The van der Waals surface area contributed by atoms with Gasteiger partial charge in [0.1, 0.15) is 11.5 Å². The third-order valence-electron chi connectivity index (χ3n) is 2.89. The van der Waals surface area contributed by atoms with E-state index in [1.807, 2.05) is 6.07 Å². The van der Waals surface area contributed by atoms with Crippen LogP contribution in [0, 0.1) is 10.1 Å². The second-order valence-electron chi connectivity index (χ2n) is 4.13. The average Bonchev–Trinajstić information content (AvgIpc) is 3.07. The number of aromatic nitrogens is 3. The Balaban J connectivity index is 1.83. The van der Waals surface area contributed by atoms with Crippen molar-refractivity contribution in [3.63, 3.8) is 0 Å². The first-order chi connectivity index (χ1) is 9.75. The molecular weight excluding hydrogens is 278 g/mol. The van der Waals surface area contributed by atoms with Gasteiger partial charge in [-0.1, -0.05) is 0 Å². The van der Waals surface area contributed by atoms with Crippen LogP contribution in [0.25, 0.3) is 10.2 Å². The first-order valence-electron chi connectivity index (χ1n) is 5.98. The highest BCUT2D eigenvalue weighted by atomic mass is 32.1. The number of nitrogens with one attached hydrogen (secondary N) is 2. The fourth-order valence-corrected chi connectivity index (χ4v) is 2.67. The summed E-state index contributed by atoms with van der Waals surface area (Å²) in [6, 6.07) is 3.57. The average molecular weight is 289 g/mol. The Morgan fingerprint density at radius 1 is 1.40 bits per heavy atom. The molecule has 0 aliphatic carbocycles. The molecular formula is C12H11N5O2S. The van der Waals surface area contributed by atoms with E-state index < -0.39 is 4.92 Å². The van der Waals surface area contributed by atoms with E-state index in [1.165, 1.54) is 11.3 Å². The molecule has 2 aromatic heterocycles. The maximum Gasteiger partial charge on any atom is 0.319 e. The Morgan fingerprint density at radius 2 is 2.30 bits per heavy atom. The zero-order chi connectivity index (χ0) is 13.9. The lowest BCUT2D eigenvalue weighted by Crippen LogP contribution is -2.08. The van der Waals surface area contributed by atoms with Gasteiger partial charge < -0.3 is 10.3 Å². The number of H-pyrrole nitrogens is 1. The van der Waals surface area contributed by atoms with Gasteiger partial charge in [-0.25, -0.2) is 9.97 Å². The fraction of sp³-hybridized carbons (Fsp3) is 0.167. The number of imidazole rings is 1. The molecule has 7 nitrogen and oxygen atoms in total. The molecule has 1 aromatic carbocycles. The minimum absolute atomic E-state index is 0.0307. The summed E-state index contributed by atoms with van der Waals surface area (Å²) in [5.74, 6) is 0.842. The molecule has 0 saturated carbocycles. The van der Waals surface area contributed by atoms with E-state index in [1.54, 1.807) is 24.0 Å². The van der Waals surface area contributed by atoms with Crippen LogP contribution < -0.4 is 5.32 Å². The van der Waals surface area contributed by atoms with Crippen LogP contribution in [0.1, 0.15) is 5.82 Å². The van der Waals surface area contributed by atoms with Crippen LogP contribution in [-0.2, 0) is 6.42 Å². The predicted octanol–water partition coefficient (Wildman–Crippen LogP) is 2.58. The number of benzene rings is 1. The zero-order valence-electron chi connectivity index (χ0n) is 10.4. The minimum Gasteiger partial charge on any atom is -0.379 e. The molecule has 0 aliphatic heterocycles. The molecule has 0 fully saturated rings. The Hall–Kier alpha value is -2.48. The lowest BCUT2D eigenvalue weighted by Gasteiger charge is -2.06. The van der Waals surface area contributed by atoms with Crippen LogP contribution in [0.3, 0.4) is 0 Å². The summed E-state index contributed by atoms with van der Waals surface area (Å²) >= 11 is 1.39. The molecule has 2 heterocycles. The molecule has 2 N–H and O–H groups in total. The van der Waals surface area contributed by atoms with Gasteiger partial charge in [-0.05, 0) is 12.1 Å². The smallest absolute Gasteiger partial charge is 0.319 e.